The van der Waals surface area contributed by atoms with Crippen LogP contribution in [0.25, 0.3) is 0 Å². The fourth-order valence-electron chi connectivity index (χ4n) is 3.59. The van der Waals surface area contributed by atoms with E-state index in [1.165, 1.54) is 25.7 Å². The van der Waals surface area contributed by atoms with Gasteiger partial charge >= 0.3 is 0 Å². The van der Waals surface area contributed by atoms with E-state index in [4.69, 9.17) is 9.52 Å². The van der Waals surface area contributed by atoms with Crippen LogP contribution in [0.3, 0.4) is 0 Å². The van der Waals surface area contributed by atoms with Crippen LogP contribution < -0.4 is 5.32 Å². The molecule has 0 amide bonds. The summed E-state index contributed by atoms with van der Waals surface area (Å²) in [6, 6.07) is 0. The van der Waals surface area contributed by atoms with E-state index in [-0.39, 0.29) is 0 Å². The summed E-state index contributed by atoms with van der Waals surface area (Å²) in [6.45, 7) is 14.7. The molecule has 0 bridgehead atoms. The van der Waals surface area contributed by atoms with Crippen molar-refractivity contribution in [1.29, 1.82) is 0 Å². The summed E-state index contributed by atoms with van der Waals surface area (Å²) in [4.78, 5) is 11.7. The van der Waals surface area contributed by atoms with Gasteiger partial charge in [-0.3, -0.25) is 4.99 Å². The van der Waals surface area contributed by atoms with Crippen LogP contribution in [-0.2, 0) is 6.42 Å². The minimum Gasteiger partial charge on any atom is -0.357 e. The Bertz CT molecular complexity index is 550. The molecule has 2 heterocycles. The Morgan fingerprint density at radius 3 is 2.84 bits per heavy atom. The Balaban J connectivity index is 1.97. The molecule has 1 aromatic heterocycles. The number of hydrogen-bond donors (Lipinski definition) is 1. The number of hydrogen-bond acceptors (Lipinski definition) is 4. The molecule has 142 valence electrons. The number of piperidine rings is 1. The van der Waals surface area contributed by atoms with Crippen LogP contribution in [0.15, 0.2) is 9.52 Å². The molecule has 0 aromatic carbocycles. The van der Waals surface area contributed by atoms with Gasteiger partial charge in [0.25, 0.3) is 0 Å². The van der Waals surface area contributed by atoms with Gasteiger partial charge in [-0.25, -0.2) is 0 Å². The number of nitrogens with zero attached hydrogens (tertiary/aromatic N) is 4. The van der Waals surface area contributed by atoms with Gasteiger partial charge in [-0.15, -0.1) is 0 Å². The van der Waals surface area contributed by atoms with Crippen LogP contribution in [0.5, 0.6) is 0 Å². The Morgan fingerprint density at radius 1 is 1.40 bits per heavy atom. The third-order valence-corrected chi connectivity index (χ3v) is 4.86. The lowest BCUT2D eigenvalue weighted by Gasteiger charge is -2.42. The maximum atomic E-state index is 5.31. The van der Waals surface area contributed by atoms with Gasteiger partial charge < -0.3 is 14.7 Å². The Hall–Kier alpha value is -1.59. The van der Waals surface area contributed by atoms with Crippen LogP contribution in [0.2, 0.25) is 0 Å². The molecular weight excluding hydrogens is 314 g/mol. The molecule has 2 rings (SSSR count). The highest BCUT2D eigenvalue weighted by Gasteiger charge is 2.31. The minimum atomic E-state index is 0.294. The Kier molecular flexibility index (Phi) is 7.26. The molecule has 0 aliphatic carbocycles. The van der Waals surface area contributed by atoms with Crippen molar-refractivity contribution in [1.82, 2.24) is 20.4 Å². The van der Waals surface area contributed by atoms with Gasteiger partial charge in [-0.2, -0.15) is 4.98 Å². The predicted octanol–water partition coefficient (Wildman–Crippen LogP) is 3.60. The fraction of sp³-hybridized carbons (Fsp3) is 0.842. The highest BCUT2D eigenvalue weighted by molar-refractivity contribution is 5.80. The summed E-state index contributed by atoms with van der Waals surface area (Å²) in [7, 11) is 0. The van der Waals surface area contributed by atoms with Gasteiger partial charge in [0.1, 0.15) is 0 Å². The van der Waals surface area contributed by atoms with Crippen molar-refractivity contribution in [3.05, 3.63) is 11.7 Å². The first-order valence-corrected chi connectivity index (χ1v) is 9.83. The number of guanidine groups is 1. The van der Waals surface area contributed by atoms with Gasteiger partial charge in [0.05, 0.1) is 6.54 Å². The van der Waals surface area contributed by atoms with E-state index < -0.39 is 0 Å². The van der Waals surface area contributed by atoms with Crippen molar-refractivity contribution in [2.24, 2.45) is 10.4 Å². The molecule has 1 atom stereocenters. The van der Waals surface area contributed by atoms with Gasteiger partial charge in [0, 0.05) is 32.0 Å². The van der Waals surface area contributed by atoms with E-state index in [1.54, 1.807) is 0 Å². The van der Waals surface area contributed by atoms with E-state index in [2.05, 4.69) is 55.0 Å². The molecule has 1 unspecified atom stereocenters. The molecule has 0 spiro atoms. The van der Waals surface area contributed by atoms with Crippen molar-refractivity contribution in [3.63, 3.8) is 0 Å². The maximum absolute atomic E-state index is 5.31. The van der Waals surface area contributed by atoms with Crippen LogP contribution >= 0.6 is 0 Å². The first-order valence-electron chi connectivity index (χ1n) is 9.83. The molecule has 1 aromatic rings. The summed E-state index contributed by atoms with van der Waals surface area (Å²) >= 11 is 0. The van der Waals surface area contributed by atoms with Crippen LogP contribution in [0.1, 0.15) is 77.9 Å². The molecule has 25 heavy (non-hydrogen) atoms. The van der Waals surface area contributed by atoms with Gasteiger partial charge in [-0.1, -0.05) is 39.3 Å². The zero-order chi connectivity index (χ0) is 18.3. The second-order valence-electron chi connectivity index (χ2n) is 7.77. The molecule has 6 nitrogen and oxygen atoms in total. The quantitative estimate of drug-likeness (QED) is 0.602. The Labute approximate surface area is 152 Å². The van der Waals surface area contributed by atoms with Crippen molar-refractivity contribution in [2.75, 3.05) is 26.2 Å². The number of aliphatic imine (C=N–C) groups is 1. The first-order chi connectivity index (χ1) is 12.0. The molecule has 1 fully saturated rings. The van der Waals surface area contributed by atoms with Crippen LogP contribution in [-0.4, -0.2) is 47.2 Å². The normalized spacial score (nSPS) is 21.8. The van der Waals surface area contributed by atoms with Crippen molar-refractivity contribution >= 4 is 5.96 Å². The molecule has 0 saturated carbocycles. The van der Waals surface area contributed by atoms with E-state index >= 15 is 0 Å². The lowest BCUT2D eigenvalue weighted by Crippen LogP contribution is -2.49. The highest BCUT2D eigenvalue weighted by Crippen LogP contribution is 2.33. The van der Waals surface area contributed by atoms with Crippen molar-refractivity contribution < 1.29 is 4.52 Å². The number of aromatic nitrogens is 2. The summed E-state index contributed by atoms with van der Waals surface area (Å²) in [5.41, 5.74) is 0.405. The van der Waals surface area contributed by atoms with E-state index in [9.17, 15) is 0 Å². The van der Waals surface area contributed by atoms with E-state index in [0.29, 0.717) is 30.2 Å². The molecule has 6 heteroatoms. The Morgan fingerprint density at radius 2 is 2.20 bits per heavy atom. The summed E-state index contributed by atoms with van der Waals surface area (Å²) in [5, 5.41) is 7.47. The number of likely N-dealkylation sites (tertiary alicyclic amines) is 1. The summed E-state index contributed by atoms with van der Waals surface area (Å²) < 4.78 is 5.31. The standard InChI is InChI=1S/C19H35N5O/c1-6-10-19(5)11-8-13-24(14-19)18(20-7-2)21-12-9-16-22-17(15(3)4)23-25-16/h15H,6-14H2,1-5H3,(H,20,21). The topological polar surface area (TPSA) is 66.5 Å². The molecule has 1 aliphatic heterocycles. The molecular formula is C19H35N5O. The molecule has 1 N–H and O–H groups in total. The lowest BCUT2D eigenvalue weighted by atomic mass is 9.78. The van der Waals surface area contributed by atoms with Gasteiger partial charge in [0.15, 0.2) is 11.8 Å². The van der Waals surface area contributed by atoms with Crippen LogP contribution in [0, 0.1) is 5.41 Å². The minimum absolute atomic E-state index is 0.294. The first kappa shape index (κ1) is 19.7. The fourth-order valence-corrected chi connectivity index (χ4v) is 3.59. The zero-order valence-corrected chi connectivity index (χ0v) is 16.6. The van der Waals surface area contributed by atoms with Gasteiger partial charge in [0.2, 0.25) is 5.89 Å². The average Bonchev–Trinajstić information content (AvgIpc) is 3.03. The van der Waals surface area contributed by atoms with Crippen LogP contribution in [0.4, 0.5) is 0 Å². The zero-order valence-electron chi connectivity index (χ0n) is 16.6. The second-order valence-corrected chi connectivity index (χ2v) is 7.77. The number of rotatable bonds is 7. The second kappa shape index (κ2) is 9.20. The SMILES string of the molecule is CCCC1(C)CCCN(C(=NCCc2nc(C(C)C)no2)NCC)C1. The largest absolute Gasteiger partial charge is 0.357 e. The van der Waals surface area contributed by atoms with Crippen molar-refractivity contribution in [3.8, 4) is 0 Å². The molecule has 1 saturated heterocycles. The molecule has 1 aliphatic rings. The average molecular weight is 350 g/mol. The van der Waals surface area contributed by atoms with E-state index in [1.807, 2.05) is 0 Å². The summed E-state index contributed by atoms with van der Waals surface area (Å²) in [6.07, 6.45) is 5.77. The predicted molar refractivity (Wildman–Crippen MR) is 102 cm³/mol. The van der Waals surface area contributed by atoms with Gasteiger partial charge in [-0.05, 0) is 31.6 Å². The molecule has 0 radical (unpaired) electrons. The summed E-state index contributed by atoms with van der Waals surface area (Å²) in [5.74, 6) is 2.77. The van der Waals surface area contributed by atoms with Crippen molar-refractivity contribution in [2.45, 2.75) is 72.6 Å². The third kappa shape index (κ3) is 5.72. The monoisotopic (exact) mass is 349 g/mol. The number of nitrogens with one attached hydrogen (secondary N) is 1. The maximum Gasteiger partial charge on any atom is 0.228 e. The smallest absolute Gasteiger partial charge is 0.228 e. The third-order valence-electron chi connectivity index (χ3n) is 4.86. The lowest BCUT2D eigenvalue weighted by molar-refractivity contribution is 0.142. The highest BCUT2D eigenvalue weighted by atomic mass is 16.5. The van der Waals surface area contributed by atoms with E-state index in [0.717, 1.165) is 31.4 Å².